The highest BCUT2D eigenvalue weighted by molar-refractivity contribution is 7.89. The van der Waals surface area contributed by atoms with Crippen LogP contribution in [0.3, 0.4) is 0 Å². The molecule has 0 aromatic heterocycles. The molecule has 0 aliphatic carbocycles. The SMILES string of the molecule is NC(=O)COc1cccc(NC(=O)c2cccc(S(=O)(=O)NCC3CCCO3)c2)c1. The molecule has 30 heavy (non-hydrogen) atoms. The quantitative estimate of drug-likeness (QED) is 0.545. The number of rotatable bonds is 9. The molecule has 1 atom stereocenters. The number of ether oxygens (including phenoxy) is 2. The fraction of sp³-hybridized carbons (Fsp3) is 0.300. The standard InChI is InChI=1S/C20H23N3O6S/c21-19(24)13-29-16-6-2-5-15(11-16)23-20(25)14-4-1-8-18(10-14)30(26,27)22-12-17-7-3-9-28-17/h1-2,4-6,8,10-11,17,22H,3,7,9,12-13H2,(H2,21,24)(H,23,25). The maximum absolute atomic E-state index is 12.6. The van der Waals surface area contributed by atoms with Crippen LogP contribution in [0, 0.1) is 0 Å². The van der Waals surface area contributed by atoms with Crippen molar-refractivity contribution in [2.75, 3.05) is 25.1 Å². The van der Waals surface area contributed by atoms with E-state index in [4.69, 9.17) is 15.2 Å². The number of primary amides is 1. The zero-order valence-corrected chi connectivity index (χ0v) is 17.0. The Morgan fingerprint density at radius 1 is 1.17 bits per heavy atom. The second kappa shape index (κ2) is 9.70. The number of nitrogens with two attached hydrogens (primary N) is 1. The number of hydrogen-bond acceptors (Lipinski definition) is 6. The lowest BCUT2D eigenvalue weighted by Gasteiger charge is -2.12. The van der Waals surface area contributed by atoms with Gasteiger partial charge in [-0.1, -0.05) is 12.1 Å². The summed E-state index contributed by atoms with van der Waals surface area (Å²) in [6.07, 6.45) is 1.60. The molecule has 0 spiro atoms. The van der Waals surface area contributed by atoms with Gasteiger partial charge in [0, 0.05) is 30.5 Å². The molecule has 1 unspecified atom stereocenters. The van der Waals surface area contributed by atoms with Gasteiger partial charge < -0.3 is 20.5 Å². The van der Waals surface area contributed by atoms with Gasteiger partial charge in [-0.25, -0.2) is 13.1 Å². The van der Waals surface area contributed by atoms with E-state index in [2.05, 4.69) is 10.0 Å². The first-order valence-corrected chi connectivity index (χ1v) is 10.9. The van der Waals surface area contributed by atoms with E-state index in [-0.39, 0.29) is 29.7 Å². The predicted molar refractivity (Wildman–Crippen MR) is 110 cm³/mol. The van der Waals surface area contributed by atoms with Crippen LogP contribution >= 0.6 is 0 Å². The van der Waals surface area contributed by atoms with Crippen molar-refractivity contribution in [2.45, 2.75) is 23.8 Å². The van der Waals surface area contributed by atoms with E-state index in [0.29, 0.717) is 18.0 Å². The lowest BCUT2D eigenvalue weighted by molar-refractivity contribution is -0.119. The van der Waals surface area contributed by atoms with Gasteiger partial charge >= 0.3 is 0 Å². The van der Waals surface area contributed by atoms with Crippen LogP contribution in [0.4, 0.5) is 5.69 Å². The Hall–Kier alpha value is -2.95. The Kier molecular flexibility index (Phi) is 7.03. The number of benzene rings is 2. The minimum Gasteiger partial charge on any atom is -0.484 e. The zero-order chi connectivity index (χ0) is 21.6. The van der Waals surface area contributed by atoms with Gasteiger partial charge in [0.2, 0.25) is 10.0 Å². The number of anilines is 1. The van der Waals surface area contributed by atoms with Gasteiger partial charge in [-0.2, -0.15) is 0 Å². The second-order valence-corrected chi connectivity index (χ2v) is 8.52. The van der Waals surface area contributed by atoms with Gasteiger partial charge in [0.05, 0.1) is 11.0 Å². The van der Waals surface area contributed by atoms with Crippen LogP contribution in [0.5, 0.6) is 5.75 Å². The van der Waals surface area contributed by atoms with E-state index in [1.54, 1.807) is 18.2 Å². The molecule has 160 valence electrons. The van der Waals surface area contributed by atoms with Crippen molar-refractivity contribution >= 4 is 27.5 Å². The largest absolute Gasteiger partial charge is 0.484 e. The van der Waals surface area contributed by atoms with E-state index in [1.807, 2.05) is 0 Å². The summed E-state index contributed by atoms with van der Waals surface area (Å²) in [4.78, 5) is 23.4. The molecule has 9 nitrogen and oxygen atoms in total. The van der Waals surface area contributed by atoms with Crippen molar-refractivity contribution in [2.24, 2.45) is 5.73 Å². The molecule has 2 aromatic rings. The Bertz CT molecular complexity index is 1020. The summed E-state index contributed by atoms with van der Waals surface area (Å²) in [6, 6.07) is 12.2. The molecular formula is C20H23N3O6S. The van der Waals surface area contributed by atoms with E-state index in [0.717, 1.165) is 12.8 Å². The predicted octanol–water partition coefficient (Wildman–Crippen LogP) is 1.26. The van der Waals surface area contributed by atoms with Gasteiger partial charge in [0.15, 0.2) is 6.61 Å². The normalized spacial score (nSPS) is 16.2. The van der Waals surface area contributed by atoms with E-state index >= 15 is 0 Å². The highest BCUT2D eigenvalue weighted by atomic mass is 32.2. The van der Waals surface area contributed by atoms with Crippen LogP contribution in [-0.2, 0) is 19.6 Å². The number of hydrogen-bond donors (Lipinski definition) is 3. The molecule has 1 saturated heterocycles. The van der Waals surface area contributed by atoms with Crippen LogP contribution in [0.1, 0.15) is 23.2 Å². The molecule has 1 heterocycles. The molecule has 0 radical (unpaired) electrons. The first-order chi connectivity index (χ1) is 14.3. The van der Waals surface area contributed by atoms with Crippen LogP contribution < -0.4 is 20.5 Å². The number of amides is 2. The van der Waals surface area contributed by atoms with Crippen LogP contribution in [-0.4, -0.2) is 46.1 Å². The average Bonchev–Trinajstić information content (AvgIpc) is 3.25. The minimum atomic E-state index is -3.77. The van der Waals surface area contributed by atoms with Gasteiger partial charge in [0.25, 0.3) is 11.8 Å². The molecule has 0 saturated carbocycles. The van der Waals surface area contributed by atoms with Gasteiger partial charge in [-0.05, 0) is 43.2 Å². The maximum atomic E-state index is 12.6. The number of nitrogens with one attached hydrogen (secondary N) is 2. The van der Waals surface area contributed by atoms with Crippen LogP contribution in [0.25, 0.3) is 0 Å². The molecule has 2 amide bonds. The maximum Gasteiger partial charge on any atom is 0.255 e. The van der Waals surface area contributed by atoms with Gasteiger partial charge in [-0.15, -0.1) is 0 Å². The monoisotopic (exact) mass is 433 g/mol. The minimum absolute atomic E-state index is 0.00770. The number of carbonyl (C=O) groups is 2. The first-order valence-electron chi connectivity index (χ1n) is 9.37. The Balaban J connectivity index is 1.67. The van der Waals surface area contributed by atoms with E-state index in [9.17, 15) is 18.0 Å². The molecule has 10 heteroatoms. The highest BCUT2D eigenvalue weighted by Gasteiger charge is 2.21. The number of carbonyl (C=O) groups excluding carboxylic acids is 2. The molecule has 1 fully saturated rings. The third-order valence-electron chi connectivity index (χ3n) is 4.40. The summed E-state index contributed by atoms with van der Waals surface area (Å²) in [5, 5.41) is 2.67. The fourth-order valence-electron chi connectivity index (χ4n) is 2.92. The lowest BCUT2D eigenvalue weighted by atomic mass is 10.2. The van der Waals surface area contributed by atoms with Crippen molar-refractivity contribution in [1.82, 2.24) is 4.72 Å². The van der Waals surface area contributed by atoms with Gasteiger partial charge in [0.1, 0.15) is 5.75 Å². The van der Waals surface area contributed by atoms with E-state index in [1.165, 1.54) is 30.3 Å². The van der Waals surface area contributed by atoms with Gasteiger partial charge in [-0.3, -0.25) is 9.59 Å². The summed E-state index contributed by atoms with van der Waals surface area (Å²) in [7, 11) is -3.77. The van der Waals surface area contributed by atoms with Crippen molar-refractivity contribution in [3.8, 4) is 5.75 Å². The third kappa shape index (κ3) is 6.02. The topological polar surface area (TPSA) is 137 Å². The molecule has 2 aromatic carbocycles. The molecule has 1 aliphatic heterocycles. The summed E-state index contributed by atoms with van der Waals surface area (Å²) in [5.41, 5.74) is 5.65. The molecule has 1 aliphatic rings. The summed E-state index contributed by atoms with van der Waals surface area (Å²) < 4.78 is 38.2. The molecule has 4 N–H and O–H groups in total. The summed E-state index contributed by atoms with van der Waals surface area (Å²) in [5.74, 6) is -0.741. The molecule has 3 rings (SSSR count). The van der Waals surface area contributed by atoms with Crippen molar-refractivity contribution in [1.29, 1.82) is 0 Å². The first kappa shape index (κ1) is 21.8. The second-order valence-electron chi connectivity index (χ2n) is 6.75. The summed E-state index contributed by atoms with van der Waals surface area (Å²) in [6.45, 7) is 0.546. The Morgan fingerprint density at radius 3 is 2.70 bits per heavy atom. The summed E-state index contributed by atoms with van der Waals surface area (Å²) >= 11 is 0. The molecule has 0 bridgehead atoms. The van der Waals surface area contributed by atoms with Crippen molar-refractivity contribution in [3.63, 3.8) is 0 Å². The Labute approximate surface area is 174 Å². The number of sulfonamides is 1. The van der Waals surface area contributed by atoms with Crippen molar-refractivity contribution in [3.05, 3.63) is 54.1 Å². The van der Waals surface area contributed by atoms with E-state index < -0.39 is 21.8 Å². The van der Waals surface area contributed by atoms with Crippen LogP contribution in [0.15, 0.2) is 53.4 Å². The van der Waals surface area contributed by atoms with Crippen molar-refractivity contribution < 1.29 is 27.5 Å². The third-order valence-corrected chi connectivity index (χ3v) is 5.83. The highest BCUT2D eigenvalue weighted by Crippen LogP contribution is 2.19. The fourth-order valence-corrected chi connectivity index (χ4v) is 4.03. The lowest BCUT2D eigenvalue weighted by Crippen LogP contribution is -2.32. The average molecular weight is 433 g/mol. The van der Waals surface area contributed by atoms with Crippen LogP contribution in [0.2, 0.25) is 0 Å². The molecular weight excluding hydrogens is 410 g/mol. The Morgan fingerprint density at radius 2 is 1.97 bits per heavy atom. The zero-order valence-electron chi connectivity index (χ0n) is 16.2. The smallest absolute Gasteiger partial charge is 0.255 e.